The molecular weight excluding hydrogens is 248 g/mol. The van der Waals surface area contributed by atoms with Gasteiger partial charge in [0, 0.05) is 6.54 Å². The van der Waals surface area contributed by atoms with Crippen LogP contribution in [-0.4, -0.2) is 15.0 Å². The topological polar surface area (TPSA) is 56.7 Å². The van der Waals surface area contributed by atoms with E-state index in [-0.39, 0.29) is 0 Å². The van der Waals surface area contributed by atoms with Gasteiger partial charge in [-0.1, -0.05) is 54.6 Å². The summed E-state index contributed by atoms with van der Waals surface area (Å²) in [7, 11) is 0. The summed E-state index contributed by atoms with van der Waals surface area (Å²) >= 11 is 0. The zero-order valence-electron chi connectivity index (χ0n) is 11.6. The molecule has 2 N–H and O–H groups in total. The van der Waals surface area contributed by atoms with Crippen molar-refractivity contribution < 1.29 is 0 Å². The summed E-state index contributed by atoms with van der Waals surface area (Å²) in [5.41, 5.74) is 8.98. The molecule has 2 aromatic carbocycles. The maximum absolute atomic E-state index is 5.71. The van der Waals surface area contributed by atoms with E-state index < -0.39 is 0 Å². The summed E-state index contributed by atoms with van der Waals surface area (Å²) in [6.07, 6.45) is 0.893. The molecule has 0 fully saturated rings. The van der Waals surface area contributed by atoms with Crippen LogP contribution >= 0.6 is 0 Å². The van der Waals surface area contributed by atoms with E-state index in [1.807, 2.05) is 4.68 Å². The third-order valence-corrected chi connectivity index (χ3v) is 3.65. The Bertz CT molecular complexity index is 725. The summed E-state index contributed by atoms with van der Waals surface area (Å²) in [5.74, 6) is 0. The molecule has 0 amide bonds. The lowest BCUT2D eigenvalue weighted by atomic mass is 10.0. The van der Waals surface area contributed by atoms with E-state index >= 15 is 0 Å². The number of nitrogens with zero attached hydrogens (tertiary/aromatic N) is 3. The van der Waals surface area contributed by atoms with E-state index in [4.69, 9.17) is 5.73 Å². The molecule has 0 bridgehead atoms. The highest BCUT2D eigenvalue weighted by Crippen LogP contribution is 2.20. The molecule has 0 radical (unpaired) electrons. The van der Waals surface area contributed by atoms with E-state index in [1.54, 1.807) is 0 Å². The maximum atomic E-state index is 5.71. The zero-order valence-corrected chi connectivity index (χ0v) is 11.6. The van der Waals surface area contributed by atoms with Crippen molar-refractivity contribution in [2.45, 2.75) is 26.4 Å². The van der Waals surface area contributed by atoms with Gasteiger partial charge < -0.3 is 5.73 Å². The van der Waals surface area contributed by atoms with E-state index in [9.17, 15) is 0 Å². The van der Waals surface area contributed by atoms with Crippen LogP contribution in [0.5, 0.6) is 0 Å². The van der Waals surface area contributed by atoms with E-state index in [0.717, 1.165) is 24.4 Å². The quantitative estimate of drug-likeness (QED) is 0.789. The number of hydrogen-bond donors (Lipinski definition) is 1. The monoisotopic (exact) mass is 266 g/mol. The minimum Gasteiger partial charge on any atom is -0.325 e. The first-order valence-electron chi connectivity index (χ1n) is 6.91. The zero-order chi connectivity index (χ0) is 13.9. The lowest BCUT2D eigenvalue weighted by molar-refractivity contribution is 0.624. The van der Waals surface area contributed by atoms with Gasteiger partial charge in [-0.25, -0.2) is 4.68 Å². The fraction of sp³-hybridized carbons (Fsp3) is 0.250. The standard InChI is InChI=1S/C16H18N4/c1-2-16-15(10-17)18-19-20(16)11-13-8-5-7-12-6-3-4-9-14(12)13/h3-9H,2,10-11,17H2,1H3. The molecule has 0 spiro atoms. The fourth-order valence-electron chi connectivity index (χ4n) is 2.63. The fourth-order valence-corrected chi connectivity index (χ4v) is 2.63. The Morgan fingerprint density at radius 3 is 2.70 bits per heavy atom. The smallest absolute Gasteiger partial charge is 0.0994 e. The Morgan fingerprint density at radius 1 is 1.10 bits per heavy atom. The largest absolute Gasteiger partial charge is 0.325 e. The number of rotatable bonds is 4. The average molecular weight is 266 g/mol. The second-order valence-corrected chi connectivity index (χ2v) is 4.84. The average Bonchev–Trinajstić information content (AvgIpc) is 2.89. The Morgan fingerprint density at radius 2 is 1.90 bits per heavy atom. The first kappa shape index (κ1) is 12.8. The molecule has 102 valence electrons. The van der Waals surface area contributed by atoms with Gasteiger partial charge in [-0.15, -0.1) is 5.10 Å². The van der Waals surface area contributed by atoms with Crippen LogP contribution in [0.1, 0.15) is 23.9 Å². The van der Waals surface area contributed by atoms with Gasteiger partial charge in [0.25, 0.3) is 0 Å². The molecule has 0 aliphatic heterocycles. The molecule has 4 nitrogen and oxygen atoms in total. The van der Waals surface area contributed by atoms with Gasteiger partial charge in [0.05, 0.1) is 17.9 Å². The van der Waals surface area contributed by atoms with Gasteiger partial charge >= 0.3 is 0 Å². The molecule has 20 heavy (non-hydrogen) atoms. The molecule has 0 aliphatic rings. The normalized spacial score (nSPS) is 11.1. The number of fused-ring (bicyclic) bond motifs is 1. The van der Waals surface area contributed by atoms with Crippen LogP contribution in [0.15, 0.2) is 42.5 Å². The van der Waals surface area contributed by atoms with Crippen LogP contribution in [-0.2, 0) is 19.5 Å². The van der Waals surface area contributed by atoms with Gasteiger partial charge in [-0.3, -0.25) is 0 Å². The van der Waals surface area contributed by atoms with Crippen molar-refractivity contribution in [2.24, 2.45) is 5.73 Å². The SMILES string of the molecule is CCc1c(CN)nnn1Cc1cccc2ccccc12. The van der Waals surface area contributed by atoms with Gasteiger partial charge in [0.2, 0.25) is 0 Å². The molecule has 0 saturated heterocycles. The van der Waals surface area contributed by atoms with Crippen LogP contribution in [0.4, 0.5) is 0 Å². The van der Waals surface area contributed by atoms with Crippen LogP contribution in [0.25, 0.3) is 10.8 Å². The summed E-state index contributed by atoms with van der Waals surface area (Å²) in [6, 6.07) is 14.8. The summed E-state index contributed by atoms with van der Waals surface area (Å²) in [6.45, 7) is 3.29. The Hall–Kier alpha value is -2.20. The summed E-state index contributed by atoms with van der Waals surface area (Å²) in [5, 5.41) is 10.9. The second-order valence-electron chi connectivity index (χ2n) is 4.84. The minimum absolute atomic E-state index is 0.443. The summed E-state index contributed by atoms with van der Waals surface area (Å²) < 4.78 is 1.96. The molecule has 0 aliphatic carbocycles. The molecule has 1 heterocycles. The number of nitrogens with two attached hydrogens (primary N) is 1. The first-order chi connectivity index (χ1) is 9.83. The van der Waals surface area contributed by atoms with Crippen molar-refractivity contribution in [3.63, 3.8) is 0 Å². The number of benzene rings is 2. The molecule has 4 heteroatoms. The number of aromatic nitrogens is 3. The Labute approximate surface area is 118 Å². The molecule has 3 rings (SSSR count). The Kier molecular flexibility index (Phi) is 3.48. The van der Waals surface area contributed by atoms with Crippen molar-refractivity contribution in [1.29, 1.82) is 0 Å². The minimum atomic E-state index is 0.443. The number of hydrogen-bond acceptors (Lipinski definition) is 3. The first-order valence-corrected chi connectivity index (χ1v) is 6.91. The lowest BCUT2D eigenvalue weighted by Gasteiger charge is -2.09. The highest BCUT2D eigenvalue weighted by atomic mass is 15.4. The summed E-state index contributed by atoms with van der Waals surface area (Å²) in [4.78, 5) is 0. The predicted molar refractivity (Wildman–Crippen MR) is 80.3 cm³/mol. The molecule has 0 unspecified atom stereocenters. The molecule has 0 saturated carbocycles. The molecule has 3 aromatic rings. The van der Waals surface area contributed by atoms with E-state index in [1.165, 1.54) is 16.3 Å². The van der Waals surface area contributed by atoms with Gasteiger partial charge in [-0.05, 0) is 22.8 Å². The van der Waals surface area contributed by atoms with Crippen LogP contribution in [0, 0.1) is 0 Å². The Balaban J connectivity index is 2.03. The molecular formula is C16H18N4. The third-order valence-electron chi connectivity index (χ3n) is 3.65. The van der Waals surface area contributed by atoms with Crippen molar-refractivity contribution in [1.82, 2.24) is 15.0 Å². The highest BCUT2D eigenvalue weighted by Gasteiger charge is 2.11. The maximum Gasteiger partial charge on any atom is 0.0994 e. The van der Waals surface area contributed by atoms with Gasteiger partial charge in [-0.2, -0.15) is 0 Å². The third kappa shape index (κ3) is 2.18. The van der Waals surface area contributed by atoms with Gasteiger partial charge in [0.1, 0.15) is 0 Å². The van der Waals surface area contributed by atoms with Crippen LogP contribution in [0.3, 0.4) is 0 Å². The molecule has 0 atom stereocenters. The van der Waals surface area contributed by atoms with Crippen LogP contribution in [0.2, 0.25) is 0 Å². The van der Waals surface area contributed by atoms with E-state index in [0.29, 0.717) is 6.54 Å². The van der Waals surface area contributed by atoms with Crippen molar-refractivity contribution in [2.75, 3.05) is 0 Å². The predicted octanol–water partition coefficient (Wildman–Crippen LogP) is 2.50. The molecule has 1 aromatic heterocycles. The van der Waals surface area contributed by atoms with Crippen molar-refractivity contribution in [3.05, 3.63) is 59.4 Å². The van der Waals surface area contributed by atoms with E-state index in [2.05, 4.69) is 59.7 Å². The second kappa shape index (κ2) is 5.43. The van der Waals surface area contributed by atoms with Crippen LogP contribution < -0.4 is 5.73 Å². The van der Waals surface area contributed by atoms with Crippen molar-refractivity contribution >= 4 is 10.8 Å². The van der Waals surface area contributed by atoms with Gasteiger partial charge in [0.15, 0.2) is 0 Å². The lowest BCUT2D eigenvalue weighted by Crippen LogP contribution is -2.08. The highest BCUT2D eigenvalue weighted by molar-refractivity contribution is 5.85. The van der Waals surface area contributed by atoms with Crippen molar-refractivity contribution in [3.8, 4) is 0 Å².